The second kappa shape index (κ2) is 6.04. The highest BCUT2D eigenvalue weighted by Gasteiger charge is 2.12. The first kappa shape index (κ1) is 13.1. The van der Waals surface area contributed by atoms with Gasteiger partial charge in [-0.1, -0.05) is 17.3 Å². The van der Waals surface area contributed by atoms with Crippen LogP contribution in [0.25, 0.3) is 0 Å². The molecule has 5 nitrogen and oxygen atoms in total. The third-order valence-corrected chi connectivity index (χ3v) is 2.54. The molecule has 1 aromatic heterocycles. The highest BCUT2D eigenvalue weighted by Crippen LogP contribution is 2.17. The molecule has 0 saturated carbocycles. The van der Waals surface area contributed by atoms with Gasteiger partial charge in [0.2, 0.25) is 0 Å². The maximum Gasteiger partial charge on any atom is 0.255 e. The van der Waals surface area contributed by atoms with Crippen LogP contribution in [0, 0.1) is 6.92 Å². The van der Waals surface area contributed by atoms with Crippen LogP contribution in [0.15, 0.2) is 34.9 Å². The molecule has 0 aliphatic carbocycles. The molecule has 0 spiro atoms. The van der Waals surface area contributed by atoms with Crippen molar-refractivity contribution in [2.45, 2.75) is 20.4 Å². The molecule has 0 atom stereocenters. The molecule has 19 heavy (non-hydrogen) atoms. The predicted octanol–water partition coefficient (Wildman–Crippen LogP) is 2.31. The van der Waals surface area contributed by atoms with E-state index in [4.69, 9.17) is 9.26 Å². The van der Waals surface area contributed by atoms with E-state index in [2.05, 4.69) is 10.5 Å². The molecule has 1 heterocycles. The molecular weight excluding hydrogens is 244 g/mol. The lowest BCUT2D eigenvalue weighted by molar-refractivity contribution is 0.0946. The molecule has 5 heteroatoms. The Hall–Kier alpha value is -2.30. The number of nitrogens with zero attached hydrogens (tertiary/aromatic N) is 1. The number of rotatable bonds is 5. The lowest BCUT2D eigenvalue weighted by atomic mass is 10.2. The van der Waals surface area contributed by atoms with E-state index in [0.29, 0.717) is 30.2 Å². The van der Waals surface area contributed by atoms with E-state index in [0.717, 1.165) is 5.76 Å². The summed E-state index contributed by atoms with van der Waals surface area (Å²) in [6, 6.07) is 8.93. The second-order valence-electron chi connectivity index (χ2n) is 4.04. The standard InChI is InChI=1S/C14H16N2O3/c1-3-18-13-7-5-4-6-12(13)14(17)15-9-11-8-10(2)19-16-11/h4-8H,3,9H2,1-2H3,(H,15,17). The zero-order chi connectivity index (χ0) is 13.7. The normalized spacial score (nSPS) is 10.2. The fraction of sp³-hybridized carbons (Fsp3) is 0.286. The Morgan fingerprint density at radius 2 is 2.21 bits per heavy atom. The molecule has 0 aliphatic rings. The Labute approximate surface area is 111 Å². The van der Waals surface area contributed by atoms with Gasteiger partial charge in [-0.25, -0.2) is 0 Å². The molecule has 0 bridgehead atoms. The van der Waals surface area contributed by atoms with E-state index in [-0.39, 0.29) is 5.91 Å². The van der Waals surface area contributed by atoms with Gasteiger partial charge in [0.25, 0.3) is 5.91 Å². The minimum absolute atomic E-state index is 0.190. The smallest absolute Gasteiger partial charge is 0.255 e. The van der Waals surface area contributed by atoms with Gasteiger partial charge in [0.1, 0.15) is 17.2 Å². The first-order chi connectivity index (χ1) is 9.20. The minimum Gasteiger partial charge on any atom is -0.493 e. The summed E-state index contributed by atoms with van der Waals surface area (Å²) in [6.45, 7) is 4.54. The Bertz CT molecular complexity index is 563. The number of ether oxygens (including phenoxy) is 1. The highest BCUT2D eigenvalue weighted by molar-refractivity contribution is 5.96. The summed E-state index contributed by atoms with van der Waals surface area (Å²) in [4.78, 5) is 12.1. The first-order valence-corrected chi connectivity index (χ1v) is 6.13. The van der Waals surface area contributed by atoms with E-state index in [1.165, 1.54) is 0 Å². The van der Waals surface area contributed by atoms with Crippen molar-refractivity contribution in [3.8, 4) is 5.75 Å². The maximum absolute atomic E-state index is 12.1. The Kier molecular flexibility index (Phi) is 4.18. The van der Waals surface area contributed by atoms with Gasteiger partial charge in [-0.3, -0.25) is 4.79 Å². The fourth-order valence-corrected chi connectivity index (χ4v) is 1.70. The predicted molar refractivity (Wildman–Crippen MR) is 70.0 cm³/mol. The number of aromatic nitrogens is 1. The summed E-state index contributed by atoms with van der Waals surface area (Å²) in [5, 5.41) is 6.61. The molecule has 2 rings (SSSR count). The van der Waals surface area contributed by atoms with Crippen LogP contribution in [-0.4, -0.2) is 17.7 Å². The molecular formula is C14H16N2O3. The van der Waals surface area contributed by atoms with Gasteiger partial charge in [-0.2, -0.15) is 0 Å². The third kappa shape index (κ3) is 3.34. The van der Waals surface area contributed by atoms with Crippen LogP contribution in [0.2, 0.25) is 0 Å². The van der Waals surface area contributed by atoms with E-state index >= 15 is 0 Å². The van der Waals surface area contributed by atoms with Crippen LogP contribution in [-0.2, 0) is 6.54 Å². The van der Waals surface area contributed by atoms with Crippen LogP contribution in [0.4, 0.5) is 0 Å². The molecule has 0 aliphatic heterocycles. The van der Waals surface area contributed by atoms with E-state index in [9.17, 15) is 4.79 Å². The van der Waals surface area contributed by atoms with Crippen LogP contribution in [0.5, 0.6) is 5.75 Å². The summed E-state index contributed by atoms with van der Waals surface area (Å²) in [6.07, 6.45) is 0. The van der Waals surface area contributed by atoms with Crippen LogP contribution >= 0.6 is 0 Å². The summed E-state index contributed by atoms with van der Waals surface area (Å²) in [5.41, 5.74) is 1.21. The van der Waals surface area contributed by atoms with Crippen LogP contribution in [0.3, 0.4) is 0 Å². The van der Waals surface area contributed by atoms with E-state index < -0.39 is 0 Å². The average molecular weight is 260 g/mol. The summed E-state index contributed by atoms with van der Waals surface area (Å²) < 4.78 is 10.4. The van der Waals surface area contributed by atoms with Gasteiger partial charge < -0.3 is 14.6 Å². The Morgan fingerprint density at radius 1 is 1.42 bits per heavy atom. The summed E-state index contributed by atoms with van der Waals surface area (Å²) >= 11 is 0. The molecule has 2 aromatic rings. The lowest BCUT2D eigenvalue weighted by Gasteiger charge is -2.09. The van der Waals surface area contributed by atoms with Gasteiger partial charge in [0.05, 0.1) is 18.7 Å². The van der Waals surface area contributed by atoms with E-state index in [1.54, 1.807) is 24.3 Å². The van der Waals surface area contributed by atoms with Gasteiger partial charge in [0.15, 0.2) is 0 Å². The minimum atomic E-state index is -0.190. The number of benzene rings is 1. The van der Waals surface area contributed by atoms with Crippen molar-refractivity contribution in [2.75, 3.05) is 6.61 Å². The monoisotopic (exact) mass is 260 g/mol. The van der Waals surface area contributed by atoms with Crippen molar-refractivity contribution >= 4 is 5.91 Å². The number of carbonyl (C=O) groups excluding carboxylic acids is 1. The molecule has 1 N–H and O–H groups in total. The molecule has 1 amide bonds. The van der Waals surface area contributed by atoms with Gasteiger partial charge >= 0.3 is 0 Å². The SMILES string of the molecule is CCOc1ccccc1C(=O)NCc1cc(C)on1. The summed E-state index contributed by atoms with van der Waals surface area (Å²) in [5.74, 6) is 1.11. The Morgan fingerprint density at radius 3 is 2.89 bits per heavy atom. The molecule has 100 valence electrons. The number of nitrogens with one attached hydrogen (secondary N) is 1. The highest BCUT2D eigenvalue weighted by atomic mass is 16.5. The van der Waals surface area contributed by atoms with Crippen molar-refractivity contribution in [1.82, 2.24) is 10.5 Å². The van der Waals surface area contributed by atoms with Crippen molar-refractivity contribution in [3.63, 3.8) is 0 Å². The maximum atomic E-state index is 12.1. The summed E-state index contributed by atoms with van der Waals surface area (Å²) in [7, 11) is 0. The van der Waals surface area contributed by atoms with Gasteiger partial charge in [-0.05, 0) is 26.0 Å². The number of amides is 1. The lowest BCUT2D eigenvalue weighted by Crippen LogP contribution is -2.23. The zero-order valence-electron chi connectivity index (χ0n) is 11.0. The van der Waals surface area contributed by atoms with Crippen molar-refractivity contribution < 1.29 is 14.1 Å². The van der Waals surface area contributed by atoms with E-state index in [1.807, 2.05) is 19.9 Å². The fourth-order valence-electron chi connectivity index (χ4n) is 1.70. The first-order valence-electron chi connectivity index (χ1n) is 6.13. The quantitative estimate of drug-likeness (QED) is 0.896. The van der Waals surface area contributed by atoms with Crippen molar-refractivity contribution in [2.24, 2.45) is 0 Å². The molecule has 0 fully saturated rings. The topological polar surface area (TPSA) is 64.4 Å². The largest absolute Gasteiger partial charge is 0.493 e. The van der Waals surface area contributed by atoms with Gasteiger partial charge in [-0.15, -0.1) is 0 Å². The molecule has 1 aromatic carbocycles. The van der Waals surface area contributed by atoms with Crippen LogP contribution in [0.1, 0.15) is 28.7 Å². The second-order valence-corrected chi connectivity index (χ2v) is 4.04. The molecule has 0 unspecified atom stereocenters. The Balaban J connectivity index is 2.03. The number of carbonyl (C=O) groups is 1. The zero-order valence-corrected chi connectivity index (χ0v) is 11.0. The van der Waals surface area contributed by atoms with Gasteiger partial charge in [0, 0.05) is 6.07 Å². The number of hydrogen-bond donors (Lipinski definition) is 1. The number of hydrogen-bond acceptors (Lipinski definition) is 4. The number of para-hydroxylation sites is 1. The molecule has 0 saturated heterocycles. The average Bonchev–Trinajstić information content (AvgIpc) is 2.83. The van der Waals surface area contributed by atoms with Crippen LogP contribution < -0.4 is 10.1 Å². The number of aryl methyl sites for hydroxylation is 1. The van der Waals surface area contributed by atoms with Crippen molar-refractivity contribution in [1.29, 1.82) is 0 Å². The molecule has 0 radical (unpaired) electrons. The van der Waals surface area contributed by atoms with Crippen molar-refractivity contribution in [3.05, 3.63) is 47.3 Å². The third-order valence-electron chi connectivity index (χ3n) is 2.54.